The summed E-state index contributed by atoms with van der Waals surface area (Å²) in [6, 6.07) is 15.7. The van der Waals surface area contributed by atoms with Crippen LogP contribution in [-0.4, -0.2) is 33.5 Å². The molecule has 182 valence electrons. The SMILES string of the molecule is CCCOc1ccc(C(O)=C2C(=O)C(=O)N(c3nc4ccc(F)cc4s3)C2c2cccc(O)c2)cc1. The standard InChI is InChI=1S/C27H21FN2O5S/c1-2-12-35-19-9-6-15(7-10-19)24(32)22-23(16-4-3-5-18(31)13-16)30(26(34)25(22)33)27-29-20-11-8-17(28)14-21(20)36-27/h3-11,13-14,23,31-32H,2,12H2,1H3. The molecule has 9 heteroatoms. The molecule has 1 unspecified atom stereocenters. The molecule has 1 fully saturated rings. The molecule has 3 aromatic carbocycles. The Kier molecular flexibility index (Phi) is 6.15. The summed E-state index contributed by atoms with van der Waals surface area (Å²) in [5, 5.41) is 21.5. The zero-order chi connectivity index (χ0) is 25.4. The van der Waals surface area contributed by atoms with Gasteiger partial charge in [0.2, 0.25) is 0 Å². The quantitative estimate of drug-likeness (QED) is 0.203. The van der Waals surface area contributed by atoms with Gasteiger partial charge in [-0.05, 0) is 66.6 Å². The fourth-order valence-corrected chi connectivity index (χ4v) is 5.13. The van der Waals surface area contributed by atoms with Crippen molar-refractivity contribution in [3.8, 4) is 11.5 Å². The molecule has 0 aliphatic carbocycles. The van der Waals surface area contributed by atoms with Gasteiger partial charge < -0.3 is 14.9 Å². The lowest BCUT2D eigenvalue weighted by atomic mass is 9.95. The number of carbonyl (C=O) groups is 2. The van der Waals surface area contributed by atoms with Crippen LogP contribution < -0.4 is 9.64 Å². The molecule has 36 heavy (non-hydrogen) atoms. The van der Waals surface area contributed by atoms with E-state index in [9.17, 15) is 24.2 Å². The molecular formula is C27H21FN2O5S. The van der Waals surface area contributed by atoms with Crippen molar-refractivity contribution < 1.29 is 28.9 Å². The predicted molar refractivity (Wildman–Crippen MR) is 135 cm³/mol. The second-order valence-electron chi connectivity index (χ2n) is 8.25. The first-order valence-electron chi connectivity index (χ1n) is 11.3. The van der Waals surface area contributed by atoms with Crippen LogP contribution in [0.15, 0.2) is 72.3 Å². The number of phenols is 1. The Morgan fingerprint density at radius 3 is 2.61 bits per heavy atom. The van der Waals surface area contributed by atoms with Crippen LogP contribution in [0.2, 0.25) is 0 Å². The third-order valence-corrected chi connectivity index (χ3v) is 6.79. The number of rotatable bonds is 6. The van der Waals surface area contributed by atoms with Gasteiger partial charge >= 0.3 is 5.91 Å². The first-order valence-corrected chi connectivity index (χ1v) is 12.1. The minimum atomic E-state index is -1.06. The third-order valence-electron chi connectivity index (χ3n) is 5.78. The molecule has 4 aromatic rings. The summed E-state index contributed by atoms with van der Waals surface area (Å²) in [6.45, 7) is 2.53. The van der Waals surface area contributed by atoms with Crippen molar-refractivity contribution in [3.05, 3.63) is 89.2 Å². The molecule has 0 bridgehead atoms. The van der Waals surface area contributed by atoms with E-state index in [-0.39, 0.29) is 22.2 Å². The van der Waals surface area contributed by atoms with E-state index in [1.807, 2.05) is 6.92 Å². The van der Waals surface area contributed by atoms with Gasteiger partial charge in [0.25, 0.3) is 5.78 Å². The van der Waals surface area contributed by atoms with E-state index in [0.29, 0.717) is 33.7 Å². The molecule has 1 saturated heterocycles. The average molecular weight is 505 g/mol. The van der Waals surface area contributed by atoms with Gasteiger partial charge in [-0.15, -0.1) is 0 Å². The van der Waals surface area contributed by atoms with Crippen LogP contribution in [0.25, 0.3) is 16.0 Å². The monoisotopic (exact) mass is 504 g/mol. The number of benzene rings is 3. The maximum atomic E-state index is 13.8. The number of nitrogens with zero attached hydrogens (tertiary/aromatic N) is 2. The molecule has 1 aromatic heterocycles. The molecule has 0 spiro atoms. The number of fused-ring (bicyclic) bond motifs is 1. The van der Waals surface area contributed by atoms with Crippen molar-refractivity contribution in [2.75, 3.05) is 11.5 Å². The fourth-order valence-electron chi connectivity index (χ4n) is 4.11. The topological polar surface area (TPSA) is 100.0 Å². The molecule has 1 aliphatic rings. The number of hydrogen-bond donors (Lipinski definition) is 2. The minimum Gasteiger partial charge on any atom is -0.508 e. The molecule has 1 atom stereocenters. The molecule has 5 rings (SSSR count). The maximum absolute atomic E-state index is 13.8. The summed E-state index contributed by atoms with van der Waals surface area (Å²) in [6.07, 6.45) is 0.841. The number of aliphatic hydroxyl groups is 1. The maximum Gasteiger partial charge on any atom is 0.301 e. The van der Waals surface area contributed by atoms with Gasteiger partial charge in [0.15, 0.2) is 5.13 Å². The molecule has 1 aliphatic heterocycles. The minimum absolute atomic E-state index is 0.0677. The van der Waals surface area contributed by atoms with Crippen LogP contribution in [0.5, 0.6) is 11.5 Å². The first-order chi connectivity index (χ1) is 17.4. The molecule has 1 amide bonds. The summed E-state index contributed by atoms with van der Waals surface area (Å²) < 4.78 is 19.9. The number of hydrogen-bond acceptors (Lipinski definition) is 7. The predicted octanol–water partition coefficient (Wildman–Crippen LogP) is 5.56. The summed E-state index contributed by atoms with van der Waals surface area (Å²) >= 11 is 1.05. The van der Waals surface area contributed by atoms with Gasteiger partial charge in [0.1, 0.15) is 23.1 Å². The highest BCUT2D eigenvalue weighted by Crippen LogP contribution is 2.44. The van der Waals surface area contributed by atoms with E-state index < -0.39 is 23.5 Å². The highest BCUT2D eigenvalue weighted by atomic mass is 32.1. The highest BCUT2D eigenvalue weighted by molar-refractivity contribution is 7.22. The Balaban J connectivity index is 1.65. The van der Waals surface area contributed by atoms with Crippen LogP contribution in [0.3, 0.4) is 0 Å². The fraction of sp³-hybridized carbons (Fsp3) is 0.148. The lowest BCUT2D eigenvalue weighted by molar-refractivity contribution is -0.132. The number of phenolic OH excluding ortho intramolecular Hbond substituents is 1. The lowest BCUT2D eigenvalue weighted by Gasteiger charge is -2.23. The number of amides is 1. The van der Waals surface area contributed by atoms with Crippen LogP contribution in [0.4, 0.5) is 9.52 Å². The number of thiazole rings is 1. The average Bonchev–Trinajstić information content (AvgIpc) is 3.40. The van der Waals surface area contributed by atoms with E-state index >= 15 is 0 Å². The summed E-state index contributed by atoms with van der Waals surface area (Å²) in [4.78, 5) is 32.2. The number of anilines is 1. The molecule has 2 N–H and O–H groups in total. The highest BCUT2D eigenvalue weighted by Gasteiger charge is 2.48. The van der Waals surface area contributed by atoms with Gasteiger partial charge in [-0.25, -0.2) is 9.37 Å². The number of Topliss-reactive ketones (excluding diaryl/α,β-unsaturated/α-hetero) is 1. The van der Waals surface area contributed by atoms with E-state index in [1.54, 1.807) is 36.4 Å². The second kappa shape index (κ2) is 9.43. The Labute approximate surface area is 209 Å². The van der Waals surface area contributed by atoms with Crippen molar-refractivity contribution >= 4 is 44.1 Å². The van der Waals surface area contributed by atoms with E-state index in [0.717, 1.165) is 17.8 Å². The van der Waals surface area contributed by atoms with Crippen LogP contribution in [0, 0.1) is 5.82 Å². The zero-order valence-corrected chi connectivity index (χ0v) is 20.0. The van der Waals surface area contributed by atoms with Crippen molar-refractivity contribution in [2.24, 2.45) is 0 Å². The summed E-state index contributed by atoms with van der Waals surface area (Å²) in [5.41, 5.74) is 1.06. The van der Waals surface area contributed by atoms with Crippen molar-refractivity contribution in [1.29, 1.82) is 0 Å². The Morgan fingerprint density at radius 1 is 1.11 bits per heavy atom. The van der Waals surface area contributed by atoms with E-state index in [1.165, 1.54) is 35.2 Å². The smallest absolute Gasteiger partial charge is 0.301 e. The van der Waals surface area contributed by atoms with E-state index in [2.05, 4.69) is 4.98 Å². The third kappa shape index (κ3) is 4.18. The van der Waals surface area contributed by atoms with Gasteiger partial charge in [-0.3, -0.25) is 14.5 Å². The number of aliphatic hydroxyl groups excluding tert-OH is 1. The lowest BCUT2D eigenvalue weighted by Crippen LogP contribution is -2.29. The number of carbonyl (C=O) groups excluding carboxylic acids is 2. The van der Waals surface area contributed by atoms with Crippen LogP contribution in [-0.2, 0) is 9.59 Å². The molecule has 7 nitrogen and oxygen atoms in total. The molecule has 0 saturated carbocycles. The second-order valence-corrected chi connectivity index (χ2v) is 9.25. The Bertz CT molecular complexity index is 1510. The molecule has 2 heterocycles. The number of ketones is 1. The van der Waals surface area contributed by atoms with Gasteiger partial charge in [0, 0.05) is 5.56 Å². The van der Waals surface area contributed by atoms with Crippen molar-refractivity contribution in [1.82, 2.24) is 4.98 Å². The first kappa shape index (κ1) is 23.5. The summed E-state index contributed by atoms with van der Waals surface area (Å²) in [5.74, 6) is -2.04. The summed E-state index contributed by atoms with van der Waals surface area (Å²) in [7, 11) is 0. The van der Waals surface area contributed by atoms with Crippen molar-refractivity contribution in [3.63, 3.8) is 0 Å². The number of halogens is 1. The Hall–Kier alpha value is -4.24. The number of aromatic hydroxyl groups is 1. The van der Waals surface area contributed by atoms with E-state index in [4.69, 9.17) is 4.74 Å². The van der Waals surface area contributed by atoms with Crippen LogP contribution >= 0.6 is 11.3 Å². The largest absolute Gasteiger partial charge is 0.508 e. The van der Waals surface area contributed by atoms with Gasteiger partial charge in [-0.2, -0.15) is 0 Å². The normalized spacial score (nSPS) is 17.2. The number of aromatic nitrogens is 1. The molecular weight excluding hydrogens is 483 g/mol. The van der Waals surface area contributed by atoms with Crippen molar-refractivity contribution in [2.45, 2.75) is 19.4 Å². The number of ether oxygens (including phenoxy) is 1. The Morgan fingerprint density at radius 2 is 1.89 bits per heavy atom. The molecule has 0 radical (unpaired) electrons. The van der Waals surface area contributed by atoms with Gasteiger partial charge in [0.05, 0.1) is 28.4 Å². The van der Waals surface area contributed by atoms with Gasteiger partial charge in [-0.1, -0.05) is 30.4 Å². The van der Waals surface area contributed by atoms with Crippen LogP contribution in [0.1, 0.15) is 30.5 Å². The zero-order valence-electron chi connectivity index (χ0n) is 19.1.